The number of quaternary nitrogens is 1. The third-order valence-corrected chi connectivity index (χ3v) is 13.7. The summed E-state index contributed by atoms with van der Waals surface area (Å²) in [6.07, 6.45) is 23.4. The first kappa shape index (κ1) is 28.0. The minimum atomic E-state index is 0.296. The van der Waals surface area contributed by atoms with E-state index in [9.17, 15) is 4.79 Å². The van der Waals surface area contributed by atoms with Gasteiger partial charge in [-0.3, -0.25) is 4.79 Å². The molecule has 37 heavy (non-hydrogen) atoms. The molecule has 5 aliphatic carbocycles. The molecule has 0 aliphatic heterocycles. The molecular weight excluding hydrogens is 452 g/mol. The molecule has 3 heteroatoms. The number of hydrogen-bond acceptors (Lipinski definition) is 1. The van der Waals surface area contributed by atoms with Crippen LogP contribution < -0.4 is 5.32 Å². The Morgan fingerprint density at radius 2 is 1.59 bits per heavy atom. The highest BCUT2D eigenvalue weighted by Gasteiger charge is 2.60. The van der Waals surface area contributed by atoms with E-state index in [1.165, 1.54) is 96.4 Å². The van der Waals surface area contributed by atoms with Crippen LogP contribution in [0.4, 0.5) is 0 Å². The minimum Gasteiger partial charge on any atom is -0.356 e. The quantitative estimate of drug-likeness (QED) is 0.246. The highest BCUT2D eigenvalue weighted by Crippen LogP contribution is 2.68. The molecule has 5 rings (SSSR count). The average Bonchev–Trinajstić information content (AvgIpc) is 3.53. The lowest BCUT2D eigenvalue weighted by atomic mass is 9.44. The molecule has 8 atom stereocenters. The molecule has 0 saturated heterocycles. The zero-order valence-corrected chi connectivity index (χ0v) is 25.3. The van der Waals surface area contributed by atoms with Gasteiger partial charge in [0.25, 0.3) is 0 Å². The van der Waals surface area contributed by atoms with Crippen molar-refractivity contribution in [1.82, 2.24) is 5.32 Å². The maximum absolute atomic E-state index is 12.7. The molecular formula is C34H61N2O+. The normalized spacial score (nSPS) is 41.1. The number of carbonyl (C=O) groups excluding carboxylic acids is 1. The van der Waals surface area contributed by atoms with Gasteiger partial charge in [-0.25, -0.2) is 0 Å². The summed E-state index contributed by atoms with van der Waals surface area (Å²) in [5, 5.41) is 3.28. The second-order valence-electron chi connectivity index (χ2n) is 15.8. The number of nitrogens with zero attached hydrogens (tertiary/aromatic N) is 1. The van der Waals surface area contributed by atoms with Gasteiger partial charge >= 0.3 is 0 Å². The molecule has 1 amide bonds. The van der Waals surface area contributed by atoms with Crippen LogP contribution in [0.25, 0.3) is 0 Å². The van der Waals surface area contributed by atoms with Crippen molar-refractivity contribution in [1.29, 1.82) is 0 Å². The fourth-order valence-electron chi connectivity index (χ4n) is 11.4. The van der Waals surface area contributed by atoms with Crippen LogP contribution >= 0.6 is 0 Å². The third-order valence-electron chi connectivity index (χ3n) is 13.7. The zero-order chi connectivity index (χ0) is 26.3. The Hall–Kier alpha value is -0.570. The summed E-state index contributed by atoms with van der Waals surface area (Å²) in [7, 11) is 4.78. The Kier molecular flexibility index (Phi) is 8.42. The SMILES string of the molecule is C[C@H](CCC(=O)NCCC[N+](C)(C)C1CCCC1)[C@H]1CCC2C3CCC4CCCC[C@]4(C)C3CC[C@@]21C. The van der Waals surface area contributed by atoms with Crippen molar-refractivity contribution >= 4 is 5.91 Å². The maximum Gasteiger partial charge on any atom is 0.220 e. The summed E-state index contributed by atoms with van der Waals surface area (Å²) in [5.74, 6) is 5.77. The lowest BCUT2D eigenvalue weighted by molar-refractivity contribution is -0.914. The fourth-order valence-corrected chi connectivity index (χ4v) is 11.4. The topological polar surface area (TPSA) is 29.1 Å². The first-order chi connectivity index (χ1) is 17.6. The van der Waals surface area contributed by atoms with Gasteiger partial charge in [-0.15, -0.1) is 0 Å². The molecule has 0 heterocycles. The van der Waals surface area contributed by atoms with Crippen LogP contribution in [0.5, 0.6) is 0 Å². The number of rotatable bonds is 9. The lowest BCUT2D eigenvalue weighted by Crippen LogP contribution is -2.53. The van der Waals surface area contributed by atoms with Crippen molar-refractivity contribution in [2.75, 3.05) is 27.2 Å². The molecule has 0 aromatic heterocycles. The Balaban J connectivity index is 1.08. The van der Waals surface area contributed by atoms with Gasteiger partial charge < -0.3 is 9.80 Å². The van der Waals surface area contributed by atoms with Crippen molar-refractivity contribution in [3.05, 3.63) is 0 Å². The Labute approximate surface area is 229 Å². The highest BCUT2D eigenvalue weighted by atomic mass is 16.1. The van der Waals surface area contributed by atoms with Gasteiger partial charge in [0.15, 0.2) is 0 Å². The summed E-state index contributed by atoms with van der Waals surface area (Å²) < 4.78 is 1.13. The lowest BCUT2D eigenvalue weighted by Gasteiger charge is -2.61. The van der Waals surface area contributed by atoms with E-state index in [-0.39, 0.29) is 0 Å². The molecule has 5 aliphatic rings. The van der Waals surface area contributed by atoms with E-state index in [2.05, 4.69) is 40.2 Å². The second kappa shape index (κ2) is 11.1. The predicted octanol–water partition coefficient (Wildman–Crippen LogP) is 7.98. The van der Waals surface area contributed by atoms with Crippen LogP contribution in [-0.2, 0) is 4.79 Å². The molecule has 5 saturated carbocycles. The standard InChI is InChI=1S/C34H60N2O/c1-25(14-19-32(37)35-23-10-24-36(4,5)27-12-6-7-13-27)29-17-18-30-28-16-15-26-11-8-9-21-33(26,2)31(28)20-22-34(29,30)3/h25-31H,6-24H2,1-5H3/p+1/t25-,26?,28?,29-,30?,31?,33+,34-/m1/s1. The summed E-state index contributed by atoms with van der Waals surface area (Å²) in [5.41, 5.74) is 1.17. The van der Waals surface area contributed by atoms with Gasteiger partial charge in [-0.1, -0.05) is 33.6 Å². The first-order valence-corrected chi connectivity index (χ1v) is 16.7. The van der Waals surface area contributed by atoms with Gasteiger partial charge in [-0.2, -0.15) is 0 Å². The third kappa shape index (κ3) is 5.43. The van der Waals surface area contributed by atoms with E-state index in [1.807, 2.05) is 0 Å². The van der Waals surface area contributed by atoms with Crippen LogP contribution in [-0.4, -0.2) is 43.6 Å². The zero-order valence-electron chi connectivity index (χ0n) is 25.3. The highest BCUT2D eigenvalue weighted by molar-refractivity contribution is 5.75. The van der Waals surface area contributed by atoms with E-state index < -0.39 is 0 Å². The molecule has 0 aromatic rings. The molecule has 5 fully saturated rings. The van der Waals surface area contributed by atoms with Crippen molar-refractivity contribution in [2.45, 2.75) is 136 Å². The van der Waals surface area contributed by atoms with Crippen LogP contribution in [0.15, 0.2) is 0 Å². The summed E-state index contributed by atoms with van der Waals surface area (Å²) in [4.78, 5) is 12.7. The van der Waals surface area contributed by atoms with Crippen LogP contribution in [0, 0.1) is 46.3 Å². The van der Waals surface area contributed by atoms with Gasteiger partial charge in [-0.05, 0) is 130 Å². The summed E-state index contributed by atoms with van der Waals surface area (Å²) in [6, 6.07) is 0.837. The number of nitrogens with one attached hydrogen (secondary N) is 1. The van der Waals surface area contributed by atoms with E-state index in [0.717, 1.165) is 65.9 Å². The largest absolute Gasteiger partial charge is 0.356 e. The number of carbonyl (C=O) groups is 1. The van der Waals surface area contributed by atoms with Crippen molar-refractivity contribution in [3.8, 4) is 0 Å². The van der Waals surface area contributed by atoms with Gasteiger partial charge in [0.2, 0.25) is 5.91 Å². The van der Waals surface area contributed by atoms with E-state index in [0.29, 0.717) is 22.7 Å². The summed E-state index contributed by atoms with van der Waals surface area (Å²) in [6.45, 7) is 9.91. The predicted molar refractivity (Wildman–Crippen MR) is 155 cm³/mol. The average molecular weight is 514 g/mol. The fraction of sp³-hybridized carbons (Fsp3) is 0.971. The summed E-state index contributed by atoms with van der Waals surface area (Å²) >= 11 is 0. The molecule has 4 unspecified atom stereocenters. The van der Waals surface area contributed by atoms with E-state index in [4.69, 9.17) is 0 Å². The van der Waals surface area contributed by atoms with Crippen molar-refractivity contribution in [2.24, 2.45) is 46.3 Å². The van der Waals surface area contributed by atoms with E-state index >= 15 is 0 Å². The first-order valence-electron chi connectivity index (χ1n) is 16.7. The van der Waals surface area contributed by atoms with Gasteiger partial charge in [0, 0.05) is 19.4 Å². The van der Waals surface area contributed by atoms with E-state index in [1.54, 1.807) is 0 Å². The Morgan fingerprint density at radius 1 is 0.865 bits per heavy atom. The molecule has 212 valence electrons. The molecule has 0 spiro atoms. The minimum absolute atomic E-state index is 0.296. The smallest absolute Gasteiger partial charge is 0.220 e. The second-order valence-corrected chi connectivity index (χ2v) is 15.8. The maximum atomic E-state index is 12.7. The van der Waals surface area contributed by atoms with Gasteiger partial charge in [0.1, 0.15) is 0 Å². The van der Waals surface area contributed by atoms with Crippen LogP contribution in [0.2, 0.25) is 0 Å². The van der Waals surface area contributed by atoms with Crippen molar-refractivity contribution in [3.63, 3.8) is 0 Å². The van der Waals surface area contributed by atoms with Crippen LogP contribution in [0.3, 0.4) is 0 Å². The molecule has 3 nitrogen and oxygen atoms in total. The number of hydrogen-bond donors (Lipinski definition) is 1. The van der Waals surface area contributed by atoms with Crippen molar-refractivity contribution < 1.29 is 9.28 Å². The molecule has 1 N–H and O–H groups in total. The Bertz CT molecular complexity index is 787. The molecule has 0 aromatic carbocycles. The van der Waals surface area contributed by atoms with Crippen LogP contribution in [0.1, 0.15) is 130 Å². The molecule has 0 bridgehead atoms. The number of fused-ring (bicyclic) bond motifs is 5. The van der Waals surface area contributed by atoms with Gasteiger partial charge in [0.05, 0.1) is 26.7 Å². The Morgan fingerprint density at radius 3 is 2.38 bits per heavy atom. The monoisotopic (exact) mass is 513 g/mol. The molecule has 0 radical (unpaired) electrons. The number of amides is 1.